The fourth-order valence-electron chi connectivity index (χ4n) is 1.45. The van der Waals surface area contributed by atoms with Crippen molar-refractivity contribution in [2.24, 2.45) is 0 Å². The van der Waals surface area contributed by atoms with Gasteiger partial charge in [-0.15, -0.1) is 11.3 Å². The fourth-order valence-corrected chi connectivity index (χ4v) is 4.45. The fraction of sp³-hybridized carbons (Fsp3) is 0.0909. The summed E-state index contributed by atoms with van der Waals surface area (Å²) in [5, 5.41) is 10.3. The second-order valence-corrected chi connectivity index (χ2v) is 7.73. The molecule has 0 amide bonds. The van der Waals surface area contributed by atoms with Gasteiger partial charge in [-0.25, -0.2) is 13.4 Å². The highest BCUT2D eigenvalue weighted by Gasteiger charge is 2.20. The summed E-state index contributed by atoms with van der Waals surface area (Å²) in [7, 11) is -3.88. The molecule has 21 heavy (non-hydrogen) atoms. The predicted molar refractivity (Wildman–Crippen MR) is 83.4 cm³/mol. The normalized spacial score (nSPS) is 11.3. The van der Waals surface area contributed by atoms with Gasteiger partial charge in [-0.1, -0.05) is 27.5 Å². The SMILES string of the molecule is O=C(O)Cc1csc(NS(=O)(=O)c2ccc(Br)cc2Cl)n1. The Labute approximate surface area is 138 Å². The number of thiazole rings is 1. The van der Waals surface area contributed by atoms with Crippen molar-refractivity contribution in [3.63, 3.8) is 0 Å². The van der Waals surface area contributed by atoms with E-state index in [1.54, 1.807) is 6.07 Å². The minimum Gasteiger partial charge on any atom is -0.481 e. The maximum atomic E-state index is 12.2. The number of carboxylic acids is 1. The summed E-state index contributed by atoms with van der Waals surface area (Å²) in [5.41, 5.74) is 0.284. The Kier molecular flexibility index (Phi) is 4.87. The van der Waals surface area contributed by atoms with E-state index < -0.39 is 16.0 Å². The maximum Gasteiger partial charge on any atom is 0.309 e. The van der Waals surface area contributed by atoms with E-state index in [1.165, 1.54) is 17.5 Å². The first-order valence-corrected chi connectivity index (χ1v) is 8.95. The summed E-state index contributed by atoms with van der Waals surface area (Å²) in [4.78, 5) is 14.4. The number of halogens is 2. The second-order valence-electron chi connectivity index (χ2n) is 3.89. The zero-order valence-corrected chi connectivity index (χ0v) is 14.2. The van der Waals surface area contributed by atoms with Gasteiger partial charge >= 0.3 is 5.97 Å². The Morgan fingerprint density at radius 1 is 1.48 bits per heavy atom. The Morgan fingerprint density at radius 2 is 2.19 bits per heavy atom. The van der Waals surface area contributed by atoms with Crippen LogP contribution in [0.2, 0.25) is 5.02 Å². The third-order valence-corrected chi connectivity index (χ3v) is 5.54. The molecule has 0 saturated heterocycles. The van der Waals surface area contributed by atoms with E-state index in [4.69, 9.17) is 16.7 Å². The molecule has 0 fully saturated rings. The number of carbonyl (C=O) groups is 1. The molecule has 0 aliphatic heterocycles. The smallest absolute Gasteiger partial charge is 0.309 e. The van der Waals surface area contributed by atoms with Crippen molar-refractivity contribution < 1.29 is 18.3 Å². The first-order chi connectivity index (χ1) is 9.78. The number of nitrogens with one attached hydrogen (secondary N) is 1. The van der Waals surface area contributed by atoms with Gasteiger partial charge in [0.25, 0.3) is 10.0 Å². The van der Waals surface area contributed by atoms with Gasteiger partial charge < -0.3 is 5.11 Å². The number of benzene rings is 1. The van der Waals surface area contributed by atoms with Crippen molar-refractivity contribution >= 4 is 60.0 Å². The summed E-state index contributed by atoms with van der Waals surface area (Å²) in [6, 6.07) is 4.38. The van der Waals surface area contributed by atoms with Crippen LogP contribution in [-0.4, -0.2) is 24.5 Å². The maximum absolute atomic E-state index is 12.2. The predicted octanol–water partition coefficient (Wildman–Crippen LogP) is 2.99. The van der Waals surface area contributed by atoms with Crippen molar-refractivity contribution in [3.8, 4) is 0 Å². The molecule has 2 N–H and O–H groups in total. The highest BCUT2D eigenvalue weighted by molar-refractivity contribution is 9.10. The Morgan fingerprint density at radius 3 is 2.81 bits per heavy atom. The lowest BCUT2D eigenvalue weighted by molar-refractivity contribution is -0.136. The van der Waals surface area contributed by atoms with E-state index in [0.29, 0.717) is 4.47 Å². The third-order valence-electron chi connectivity index (χ3n) is 2.29. The number of sulfonamides is 1. The highest BCUT2D eigenvalue weighted by atomic mass is 79.9. The summed E-state index contributed by atoms with van der Waals surface area (Å²) in [5.74, 6) is -1.04. The third kappa shape index (κ3) is 4.16. The van der Waals surface area contributed by atoms with Gasteiger partial charge in [0.1, 0.15) is 4.90 Å². The van der Waals surface area contributed by atoms with Crippen molar-refractivity contribution in [3.05, 3.63) is 38.8 Å². The van der Waals surface area contributed by atoms with Crippen LogP contribution < -0.4 is 4.72 Å². The molecular formula is C11H8BrClN2O4S2. The largest absolute Gasteiger partial charge is 0.481 e. The number of carboxylic acid groups (broad SMARTS) is 1. The molecule has 0 bridgehead atoms. The average Bonchev–Trinajstić information content (AvgIpc) is 2.73. The van der Waals surface area contributed by atoms with Crippen LogP contribution in [0.25, 0.3) is 0 Å². The van der Waals surface area contributed by atoms with Gasteiger partial charge in [0.15, 0.2) is 5.13 Å². The van der Waals surface area contributed by atoms with Crippen molar-refractivity contribution in [1.82, 2.24) is 4.98 Å². The van der Waals surface area contributed by atoms with Crippen molar-refractivity contribution in [2.75, 3.05) is 4.72 Å². The molecule has 6 nitrogen and oxygen atoms in total. The molecule has 10 heteroatoms. The standard InChI is InChI=1S/C11H8BrClN2O4S2/c12-6-1-2-9(8(13)3-6)21(18,19)15-11-14-7(5-20-11)4-10(16)17/h1-3,5H,4H2,(H,14,15)(H,16,17). The summed E-state index contributed by atoms with van der Waals surface area (Å²) < 4.78 is 27.3. The monoisotopic (exact) mass is 410 g/mol. The Balaban J connectivity index is 2.25. The number of aliphatic carboxylic acids is 1. The average molecular weight is 412 g/mol. The zero-order chi connectivity index (χ0) is 15.6. The number of nitrogens with zero attached hydrogens (tertiary/aromatic N) is 1. The van der Waals surface area contributed by atoms with Crippen LogP contribution in [0.15, 0.2) is 32.9 Å². The lowest BCUT2D eigenvalue weighted by Gasteiger charge is -2.07. The molecule has 0 unspecified atom stereocenters. The summed E-state index contributed by atoms with van der Waals surface area (Å²) >= 11 is 10.1. The number of rotatable bonds is 5. The lowest BCUT2D eigenvalue weighted by atomic mass is 10.3. The van der Waals surface area contributed by atoms with Crippen molar-refractivity contribution in [2.45, 2.75) is 11.3 Å². The molecule has 2 aromatic rings. The van der Waals surface area contributed by atoms with Crippen LogP contribution >= 0.6 is 38.9 Å². The topological polar surface area (TPSA) is 96.4 Å². The van der Waals surface area contributed by atoms with Crippen LogP contribution in [0.5, 0.6) is 0 Å². The van der Waals surface area contributed by atoms with Gasteiger partial charge in [0, 0.05) is 9.85 Å². The van der Waals surface area contributed by atoms with E-state index in [2.05, 4.69) is 25.6 Å². The van der Waals surface area contributed by atoms with E-state index in [0.717, 1.165) is 11.3 Å². The second kappa shape index (κ2) is 6.30. The zero-order valence-electron chi connectivity index (χ0n) is 10.2. The molecule has 0 spiro atoms. The number of anilines is 1. The van der Waals surface area contributed by atoms with E-state index in [9.17, 15) is 13.2 Å². The van der Waals surface area contributed by atoms with E-state index in [1.807, 2.05) is 0 Å². The minimum absolute atomic E-state index is 0.0687. The summed E-state index contributed by atoms with van der Waals surface area (Å²) in [6.45, 7) is 0. The van der Waals surface area contributed by atoms with Crippen LogP contribution in [-0.2, 0) is 21.2 Å². The van der Waals surface area contributed by atoms with Crippen LogP contribution in [0, 0.1) is 0 Å². The molecule has 1 heterocycles. The molecular weight excluding hydrogens is 404 g/mol. The minimum atomic E-state index is -3.88. The van der Waals surface area contributed by atoms with Gasteiger partial charge in [-0.05, 0) is 18.2 Å². The molecule has 0 radical (unpaired) electrons. The molecule has 112 valence electrons. The first kappa shape index (κ1) is 16.2. The molecule has 1 aromatic carbocycles. The van der Waals surface area contributed by atoms with Gasteiger partial charge in [-0.3, -0.25) is 9.52 Å². The van der Waals surface area contributed by atoms with Gasteiger partial charge in [0.2, 0.25) is 0 Å². The lowest BCUT2D eigenvalue weighted by Crippen LogP contribution is -2.13. The summed E-state index contributed by atoms with van der Waals surface area (Å²) in [6.07, 6.45) is -0.267. The first-order valence-electron chi connectivity index (χ1n) is 5.42. The Bertz CT molecular complexity index is 791. The van der Waals surface area contributed by atoms with Crippen LogP contribution in [0.1, 0.15) is 5.69 Å². The molecule has 0 aliphatic carbocycles. The van der Waals surface area contributed by atoms with E-state index >= 15 is 0 Å². The number of hydrogen-bond acceptors (Lipinski definition) is 5. The number of aromatic nitrogens is 1. The molecule has 0 aliphatic rings. The molecule has 0 atom stereocenters. The van der Waals surface area contributed by atoms with Crippen molar-refractivity contribution in [1.29, 1.82) is 0 Å². The van der Waals surface area contributed by atoms with Crippen LogP contribution in [0.4, 0.5) is 5.13 Å². The quantitative estimate of drug-likeness (QED) is 0.788. The van der Waals surface area contributed by atoms with E-state index in [-0.39, 0.29) is 27.2 Å². The molecule has 1 aromatic heterocycles. The van der Waals surface area contributed by atoms with Crippen LogP contribution in [0.3, 0.4) is 0 Å². The molecule has 2 rings (SSSR count). The van der Waals surface area contributed by atoms with Gasteiger partial charge in [-0.2, -0.15) is 0 Å². The van der Waals surface area contributed by atoms with Gasteiger partial charge in [0.05, 0.1) is 17.1 Å². The molecule has 0 saturated carbocycles. The Hall–Kier alpha value is -1.16. The highest BCUT2D eigenvalue weighted by Crippen LogP contribution is 2.27. The number of hydrogen-bond donors (Lipinski definition) is 2.